The van der Waals surface area contributed by atoms with Gasteiger partial charge in [0, 0.05) is 24.2 Å². The molecule has 1 unspecified atom stereocenters. The van der Waals surface area contributed by atoms with E-state index in [1.165, 1.54) is 11.1 Å². The largest absolute Gasteiger partial charge is 0.322 e. The fraction of sp³-hybridized carbons (Fsp3) is 0.364. The topological polar surface area (TPSA) is 64.3 Å². The van der Waals surface area contributed by atoms with Crippen LogP contribution in [0.4, 0.5) is 10.5 Å². The molecular weight excluding hydrogens is 350 g/mol. The molecule has 1 atom stereocenters. The Bertz CT molecular complexity index is 947. The van der Waals surface area contributed by atoms with E-state index in [0.29, 0.717) is 0 Å². The number of aromatic nitrogens is 2. The number of aromatic amines is 1. The zero-order chi connectivity index (χ0) is 19.5. The fourth-order valence-corrected chi connectivity index (χ4v) is 3.95. The lowest BCUT2D eigenvalue weighted by molar-refractivity contribution is 0.163. The third-order valence-electron chi connectivity index (χ3n) is 5.32. The van der Waals surface area contributed by atoms with Gasteiger partial charge >= 0.3 is 6.03 Å². The highest BCUT2D eigenvalue weighted by atomic mass is 16.2. The first-order chi connectivity index (χ1) is 13.6. The molecule has 2 heterocycles. The van der Waals surface area contributed by atoms with Crippen LogP contribution in [0.2, 0.25) is 0 Å². The normalized spacial score (nSPS) is 17.2. The Morgan fingerprint density at radius 2 is 2.04 bits per heavy atom. The van der Waals surface area contributed by atoms with Crippen LogP contribution < -0.4 is 5.32 Å². The fourth-order valence-electron chi connectivity index (χ4n) is 3.95. The molecule has 6 heteroatoms. The van der Waals surface area contributed by atoms with Gasteiger partial charge in [-0.05, 0) is 62.7 Å². The Morgan fingerprint density at radius 3 is 2.82 bits per heavy atom. The van der Waals surface area contributed by atoms with E-state index in [1.807, 2.05) is 23.1 Å². The first kappa shape index (κ1) is 18.5. The molecule has 1 fully saturated rings. The molecule has 0 aliphatic carbocycles. The predicted octanol–water partition coefficient (Wildman–Crippen LogP) is 4.38. The van der Waals surface area contributed by atoms with E-state index in [0.717, 1.165) is 48.9 Å². The summed E-state index contributed by atoms with van der Waals surface area (Å²) in [6, 6.07) is 14.6. The molecule has 146 valence electrons. The summed E-state index contributed by atoms with van der Waals surface area (Å²) < 4.78 is 0. The molecule has 2 amide bonds. The van der Waals surface area contributed by atoms with Crippen LogP contribution in [0, 0.1) is 0 Å². The van der Waals surface area contributed by atoms with Crippen LogP contribution in [-0.2, 0) is 6.54 Å². The molecule has 1 aliphatic rings. The molecule has 0 saturated carbocycles. The van der Waals surface area contributed by atoms with Gasteiger partial charge in [-0.15, -0.1) is 0 Å². The van der Waals surface area contributed by atoms with E-state index in [-0.39, 0.29) is 12.1 Å². The number of urea groups is 1. The van der Waals surface area contributed by atoms with Crippen molar-refractivity contribution in [1.29, 1.82) is 0 Å². The Hall–Kier alpha value is -2.86. The van der Waals surface area contributed by atoms with Crippen LogP contribution in [-0.4, -0.2) is 46.7 Å². The lowest BCUT2D eigenvalue weighted by Gasteiger charge is -2.36. The maximum atomic E-state index is 13.0. The standard InChI is InChI=1S/C22H27N5O/c1-26(2)15-16-6-8-17(9-7-16)21-5-3-4-12-27(21)22(28)24-19-10-11-20-18(13-19)14-23-25-20/h6-11,13-14,21H,3-5,12,15H2,1-2H3,(H,23,25)(H,24,28). The lowest BCUT2D eigenvalue weighted by Crippen LogP contribution is -2.41. The van der Waals surface area contributed by atoms with Crippen molar-refractivity contribution in [2.75, 3.05) is 26.0 Å². The van der Waals surface area contributed by atoms with Crippen LogP contribution in [0.5, 0.6) is 0 Å². The zero-order valence-electron chi connectivity index (χ0n) is 16.5. The van der Waals surface area contributed by atoms with Crippen LogP contribution in [0.1, 0.15) is 36.4 Å². The highest BCUT2D eigenvalue weighted by molar-refractivity contribution is 5.92. The van der Waals surface area contributed by atoms with Gasteiger partial charge in [0.1, 0.15) is 0 Å². The van der Waals surface area contributed by atoms with E-state index in [1.54, 1.807) is 6.20 Å². The Labute approximate surface area is 165 Å². The SMILES string of the molecule is CN(C)Cc1ccc(C2CCCCN2C(=O)Nc2ccc3[nH]ncc3c2)cc1. The molecule has 0 spiro atoms. The maximum Gasteiger partial charge on any atom is 0.322 e. The van der Waals surface area contributed by atoms with Crippen molar-refractivity contribution in [1.82, 2.24) is 20.0 Å². The first-order valence-electron chi connectivity index (χ1n) is 9.84. The summed E-state index contributed by atoms with van der Waals surface area (Å²) in [7, 11) is 4.14. The van der Waals surface area contributed by atoms with Gasteiger partial charge in [0.15, 0.2) is 0 Å². The molecule has 6 nitrogen and oxygen atoms in total. The highest BCUT2D eigenvalue weighted by Crippen LogP contribution is 2.32. The predicted molar refractivity (Wildman–Crippen MR) is 112 cm³/mol. The quantitative estimate of drug-likeness (QED) is 0.709. The smallest absolute Gasteiger partial charge is 0.317 e. The van der Waals surface area contributed by atoms with Crippen LogP contribution in [0.3, 0.4) is 0 Å². The van der Waals surface area contributed by atoms with Gasteiger partial charge in [-0.1, -0.05) is 24.3 Å². The first-order valence-corrected chi connectivity index (χ1v) is 9.84. The molecule has 4 rings (SSSR count). The Kier molecular flexibility index (Phi) is 5.30. The number of likely N-dealkylation sites (tertiary alicyclic amines) is 1. The number of piperidine rings is 1. The molecule has 0 bridgehead atoms. The number of carbonyl (C=O) groups is 1. The van der Waals surface area contributed by atoms with E-state index in [9.17, 15) is 4.79 Å². The third-order valence-corrected chi connectivity index (χ3v) is 5.32. The number of benzene rings is 2. The third kappa shape index (κ3) is 4.02. The second-order valence-electron chi connectivity index (χ2n) is 7.79. The lowest BCUT2D eigenvalue weighted by atomic mass is 9.95. The van der Waals surface area contributed by atoms with Gasteiger partial charge in [0.25, 0.3) is 0 Å². The number of anilines is 1. The summed E-state index contributed by atoms with van der Waals surface area (Å²) >= 11 is 0. The van der Waals surface area contributed by atoms with Crippen LogP contribution in [0.25, 0.3) is 10.9 Å². The molecule has 1 aliphatic heterocycles. The van der Waals surface area contributed by atoms with Crippen molar-refractivity contribution in [3.05, 3.63) is 59.8 Å². The van der Waals surface area contributed by atoms with Crippen LogP contribution >= 0.6 is 0 Å². The molecule has 0 radical (unpaired) electrons. The van der Waals surface area contributed by atoms with Crippen molar-refractivity contribution < 1.29 is 4.79 Å². The number of hydrogen-bond donors (Lipinski definition) is 2. The summed E-state index contributed by atoms with van der Waals surface area (Å²) in [5.74, 6) is 0. The number of nitrogens with zero attached hydrogens (tertiary/aromatic N) is 3. The number of amides is 2. The van der Waals surface area contributed by atoms with E-state index in [4.69, 9.17) is 0 Å². The van der Waals surface area contributed by atoms with Gasteiger partial charge in [-0.25, -0.2) is 4.79 Å². The maximum absolute atomic E-state index is 13.0. The van der Waals surface area contributed by atoms with Crippen molar-refractivity contribution >= 4 is 22.6 Å². The molecular formula is C22H27N5O. The molecule has 2 N–H and O–H groups in total. The minimum Gasteiger partial charge on any atom is -0.317 e. The van der Waals surface area contributed by atoms with Crippen molar-refractivity contribution in [2.45, 2.75) is 31.8 Å². The number of nitrogens with one attached hydrogen (secondary N) is 2. The van der Waals surface area contributed by atoms with Crippen molar-refractivity contribution in [2.24, 2.45) is 0 Å². The second kappa shape index (κ2) is 8.02. The Balaban J connectivity index is 1.50. The summed E-state index contributed by atoms with van der Waals surface area (Å²) in [6.07, 6.45) is 4.96. The summed E-state index contributed by atoms with van der Waals surface area (Å²) in [4.78, 5) is 17.2. The molecule has 28 heavy (non-hydrogen) atoms. The summed E-state index contributed by atoms with van der Waals surface area (Å²) in [5.41, 5.74) is 4.26. The minimum absolute atomic E-state index is 0.0371. The zero-order valence-corrected chi connectivity index (χ0v) is 16.5. The average Bonchev–Trinajstić information content (AvgIpc) is 3.16. The van der Waals surface area contributed by atoms with Crippen molar-refractivity contribution in [3.63, 3.8) is 0 Å². The van der Waals surface area contributed by atoms with Crippen molar-refractivity contribution in [3.8, 4) is 0 Å². The average molecular weight is 377 g/mol. The van der Waals surface area contributed by atoms with Gasteiger partial charge in [-0.3, -0.25) is 5.10 Å². The number of rotatable bonds is 4. The van der Waals surface area contributed by atoms with Crippen LogP contribution in [0.15, 0.2) is 48.7 Å². The summed E-state index contributed by atoms with van der Waals surface area (Å²) in [5, 5.41) is 11.0. The van der Waals surface area contributed by atoms with E-state index < -0.39 is 0 Å². The minimum atomic E-state index is -0.0371. The number of hydrogen-bond acceptors (Lipinski definition) is 3. The molecule has 2 aromatic carbocycles. The summed E-state index contributed by atoms with van der Waals surface area (Å²) in [6.45, 7) is 1.70. The van der Waals surface area contributed by atoms with Gasteiger partial charge < -0.3 is 15.1 Å². The Morgan fingerprint density at radius 1 is 1.21 bits per heavy atom. The van der Waals surface area contributed by atoms with E-state index >= 15 is 0 Å². The second-order valence-corrected chi connectivity index (χ2v) is 7.79. The number of carbonyl (C=O) groups excluding carboxylic acids is 1. The van der Waals surface area contributed by atoms with Gasteiger partial charge in [0.2, 0.25) is 0 Å². The van der Waals surface area contributed by atoms with Gasteiger partial charge in [-0.2, -0.15) is 5.10 Å². The van der Waals surface area contributed by atoms with E-state index in [2.05, 4.69) is 58.8 Å². The number of H-pyrrole nitrogens is 1. The molecule has 1 saturated heterocycles. The van der Waals surface area contributed by atoms with Gasteiger partial charge in [0.05, 0.1) is 17.8 Å². The molecule has 3 aromatic rings. The molecule has 1 aromatic heterocycles. The number of fused-ring (bicyclic) bond motifs is 1. The highest BCUT2D eigenvalue weighted by Gasteiger charge is 2.28. The monoisotopic (exact) mass is 377 g/mol.